The Balaban J connectivity index is 1.47. The molecule has 2 rings (SSSR count). The summed E-state index contributed by atoms with van der Waals surface area (Å²) in [5, 5.41) is 6.77. The maximum atomic E-state index is 12.6. The Morgan fingerprint density at radius 3 is 2.00 bits per heavy atom. The highest BCUT2D eigenvalue weighted by molar-refractivity contribution is 7.15. The van der Waals surface area contributed by atoms with Crippen molar-refractivity contribution in [2.45, 2.75) is 13.8 Å². The minimum Gasteiger partial charge on any atom is -0.382 e. The van der Waals surface area contributed by atoms with Gasteiger partial charge in [0, 0.05) is 35.4 Å². The van der Waals surface area contributed by atoms with Crippen LogP contribution >= 0.6 is 11.3 Å². The van der Waals surface area contributed by atoms with Crippen molar-refractivity contribution in [3.63, 3.8) is 0 Å². The van der Waals surface area contributed by atoms with Gasteiger partial charge in [0.25, 0.3) is 5.91 Å². The van der Waals surface area contributed by atoms with E-state index in [0.717, 1.165) is 16.1 Å². The molecule has 2 aromatic rings. The summed E-state index contributed by atoms with van der Waals surface area (Å²) in [6.07, 6.45) is 1.74. The molecule has 0 atom stereocenters. The van der Waals surface area contributed by atoms with E-state index in [2.05, 4.69) is 15.6 Å². The molecule has 35 heavy (non-hydrogen) atoms. The van der Waals surface area contributed by atoms with Crippen LogP contribution in [0.15, 0.2) is 24.4 Å². The number of aryl methyl sites for hydroxylation is 1. The largest absolute Gasteiger partial charge is 0.382 e. The van der Waals surface area contributed by atoms with Crippen LogP contribution in [0, 0.1) is 13.8 Å². The van der Waals surface area contributed by atoms with Crippen molar-refractivity contribution in [1.82, 2.24) is 4.98 Å². The smallest absolute Gasteiger partial charge is 0.257 e. The maximum Gasteiger partial charge on any atom is 0.257 e. The number of thiazole rings is 1. The van der Waals surface area contributed by atoms with Crippen LogP contribution in [0.1, 0.15) is 20.8 Å². The third kappa shape index (κ3) is 12.4. The molecule has 0 fully saturated rings. The Morgan fingerprint density at radius 1 is 0.886 bits per heavy atom. The van der Waals surface area contributed by atoms with E-state index in [4.69, 9.17) is 29.4 Å². The monoisotopic (exact) mass is 510 g/mol. The first-order chi connectivity index (χ1) is 17.1. The van der Waals surface area contributed by atoms with Crippen molar-refractivity contribution in [2.75, 3.05) is 89.8 Å². The topological polar surface area (TPSA) is 126 Å². The summed E-state index contributed by atoms with van der Waals surface area (Å²) in [5.74, 6) is -0.168. The van der Waals surface area contributed by atoms with Crippen LogP contribution < -0.4 is 16.4 Å². The van der Waals surface area contributed by atoms with Gasteiger partial charge >= 0.3 is 0 Å². The molecule has 4 N–H and O–H groups in total. The van der Waals surface area contributed by atoms with E-state index in [1.54, 1.807) is 12.3 Å². The molecule has 0 aliphatic rings. The predicted molar refractivity (Wildman–Crippen MR) is 138 cm³/mol. The van der Waals surface area contributed by atoms with Gasteiger partial charge in [-0.25, -0.2) is 4.98 Å². The fourth-order valence-electron chi connectivity index (χ4n) is 2.97. The normalized spacial score (nSPS) is 11.1. The molecule has 1 heterocycles. The number of rotatable bonds is 20. The number of carbonyl (C=O) groups excluding carboxylic acids is 1. The molecule has 0 saturated heterocycles. The lowest BCUT2D eigenvalue weighted by Crippen LogP contribution is -2.17. The van der Waals surface area contributed by atoms with Crippen molar-refractivity contribution < 1.29 is 28.5 Å². The molecular formula is C24H38N4O6S. The van der Waals surface area contributed by atoms with Gasteiger partial charge in [-0.05, 0) is 31.5 Å². The molecular weight excluding hydrogens is 472 g/mol. The zero-order valence-corrected chi connectivity index (χ0v) is 21.5. The van der Waals surface area contributed by atoms with E-state index in [1.807, 2.05) is 26.0 Å². The molecule has 0 aliphatic carbocycles. The van der Waals surface area contributed by atoms with Crippen molar-refractivity contribution >= 4 is 28.1 Å². The molecule has 10 nitrogen and oxygen atoms in total. The number of ether oxygens (including phenoxy) is 5. The number of anilines is 2. The van der Waals surface area contributed by atoms with Crippen LogP contribution in [0.3, 0.4) is 0 Å². The Morgan fingerprint density at radius 2 is 1.46 bits per heavy atom. The number of aromatic nitrogens is 1. The molecule has 196 valence electrons. The highest BCUT2D eigenvalue weighted by Gasteiger charge is 2.13. The van der Waals surface area contributed by atoms with E-state index in [0.29, 0.717) is 89.9 Å². The van der Waals surface area contributed by atoms with Gasteiger partial charge < -0.3 is 34.7 Å². The lowest BCUT2D eigenvalue weighted by atomic mass is 10.1. The van der Waals surface area contributed by atoms with Gasteiger partial charge in [-0.15, -0.1) is 11.3 Å². The SMILES string of the molecule is Cc1cnc(NC(=O)c2cccc(NCCOCCOCCOCCOCCOCCN)c2C)s1. The minimum absolute atomic E-state index is 0.168. The third-order valence-corrected chi connectivity index (χ3v) is 5.56. The highest BCUT2D eigenvalue weighted by Crippen LogP contribution is 2.22. The second-order valence-electron chi connectivity index (χ2n) is 7.49. The van der Waals surface area contributed by atoms with Crippen molar-refractivity contribution in [3.05, 3.63) is 40.4 Å². The molecule has 0 radical (unpaired) electrons. The van der Waals surface area contributed by atoms with Gasteiger partial charge in [-0.1, -0.05) is 6.07 Å². The Kier molecular flexibility index (Phi) is 15.1. The molecule has 0 saturated carbocycles. The van der Waals surface area contributed by atoms with Crippen LogP contribution in [0.25, 0.3) is 0 Å². The summed E-state index contributed by atoms with van der Waals surface area (Å²) in [6.45, 7) is 10.3. The summed E-state index contributed by atoms with van der Waals surface area (Å²) in [7, 11) is 0. The third-order valence-electron chi connectivity index (χ3n) is 4.73. The molecule has 0 aliphatic heterocycles. The Hall–Kier alpha value is -2.12. The van der Waals surface area contributed by atoms with Gasteiger partial charge in [0.15, 0.2) is 5.13 Å². The molecule has 11 heteroatoms. The maximum absolute atomic E-state index is 12.6. The summed E-state index contributed by atoms with van der Waals surface area (Å²) >= 11 is 1.45. The molecule has 1 amide bonds. The fraction of sp³-hybridized carbons (Fsp3) is 0.583. The average molecular weight is 511 g/mol. The molecule has 0 bridgehead atoms. The van der Waals surface area contributed by atoms with Crippen LogP contribution in [0.2, 0.25) is 0 Å². The molecule has 1 aromatic carbocycles. The van der Waals surface area contributed by atoms with Gasteiger partial charge in [0.1, 0.15) is 0 Å². The standard InChI is InChI=1S/C24H38N4O6S/c1-19-18-27-24(35-19)28-23(29)21-4-3-5-22(20(21)2)26-7-9-31-11-13-33-15-17-34-16-14-32-12-10-30-8-6-25/h3-5,18,26H,6-17,25H2,1-2H3,(H,27,28,29). The van der Waals surface area contributed by atoms with Gasteiger partial charge in [-0.2, -0.15) is 0 Å². The first kappa shape index (κ1) is 29.1. The predicted octanol–water partition coefficient (Wildman–Crippen LogP) is 2.47. The number of amides is 1. The van der Waals surface area contributed by atoms with Gasteiger partial charge in [0.05, 0.1) is 66.1 Å². The average Bonchev–Trinajstić information content (AvgIpc) is 3.26. The number of carbonyl (C=O) groups is 1. The first-order valence-corrected chi connectivity index (χ1v) is 12.6. The van der Waals surface area contributed by atoms with Crippen molar-refractivity contribution in [2.24, 2.45) is 5.73 Å². The van der Waals surface area contributed by atoms with E-state index in [9.17, 15) is 4.79 Å². The second-order valence-corrected chi connectivity index (χ2v) is 8.72. The number of hydrogen-bond donors (Lipinski definition) is 3. The second kappa shape index (κ2) is 18.2. The number of nitrogens with zero attached hydrogens (tertiary/aromatic N) is 1. The first-order valence-electron chi connectivity index (χ1n) is 11.8. The number of nitrogens with one attached hydrogen (secondary N) is 2. The van der Waals surface area contributed by atoms with Crippen LogP contribution in [0.4, 0.5) is 10.8 Å². The summed E-state index contributed by atoms with van der Waals surface area (Å²) < 4.78 is 27.1. The molecule has 0 spiro atoms. The van der Waals surface area contributed by atoms with Crippen molar-refractivity contribution in [1.29, 1.82) is 0 Å². The van der Waals surface area contributed by atoms with Crippen LogP contribution in [-0.2, 0) is 23.7 Å². The van der Waals surface area contributed by atoms with Gasteiger partial charge in [0.2, 0.25) is 0 Å². The lowest BCUT2D eigenvalue weighted by molar-refractivity contribution is -0.00985. The summed E-state index contributed by atoms with van der Waals surface area (Å²) in [5.41, 5.74) is 7.72. The zero-order valence-electron chi connectivity index (χ0n) is 20.7. The lowest BCUT2D eigenvalue weighted by Gasteiger charge is -2.13. The summed E-state index contributed by atoms with van der Waals surface area (Å²) in [6, 6.07) is 5.61. The number of hydrogen-bond acceptors (Lipinski definition) is 10. The molecule has 1 aromatic heterocycles. The van der Waals surface area contributed by atoms with Crippen LogP contribution in [0.5, 0.6) is 0 Å². The Bertz CT molecular complexity index is 851. The van der Waals surface area contributed by atoms with Gasteiger partial charge in [-0.3, -0.25) is 10.1 Å². The fourth-order valence-corrected chi connectivity index (χ4v) is 3.63. The zero-order chi connectivity index (χ0) is 25.1. The van der Waals surface area contributed by atoms with Crippen molar-refractivity contribution in [3.8, 4) is 0 Å². The number of nitrogens with two attached hydrogens (primary N) is 1. The highest BCUT2D eigenvalue weighted by atomic mass is 32.1. The molecule has 0 unspecified atom stereocenters. The van der Waals surface area contributed by atoms with E-state index < -0.39 is 0 Å². The van der Waals surface area contributed by atoms with E-state index in [1.165, 1.54) is 11.3 Å². The van der Waals surface area contributed by atoms with E-state index >= 15 is 0 Å². The van der Waals surface area contributed by atoms with Crippen LogP contribution in [-0.4, -0.2) is 90.0 Å². The number of benzene rings is 1. The summed E-state index contributed by atoms with van der Waals surface area (Å²) in [4.78, 5) is 17.8. The van der Waals surface area contributed by atoms with E-state index in [-0.39, 0.29) is 5.91 Å². The quantitative estimate of drug-likeness (QED) is 0.230. The minimum atomic E-state index is -0.168. The Labute approximate surface area is 211 Å².